The van der Waals surface area contributed by atoms with E-state index >= 15 is 0 Å². The number of hydrogen-bond acceptors (Lipinski definition) is 4. The van der Waals surface area contributed by atoms with Crippen LogP contribution in [0.3, 0.4) is 0 Å². The number of piperazine rings is 1. The van der Waals surface area contributed by atoms with Crippen molar-refractivity contribution in [2.45, 2.75) is 45.6 Å². The first-order valence-corrected chi connectivity index (χ1v) is 10.9. The molecule has 1 amide bonds. The molecule has 0 aromatic heterocycles. The van der Waals surface area contributed by atoms with Gasteiger partial charge in [0.2, 0.25) is 0 Å². The van der Waals surface area contributed by atoms with E-state index in [1.54, 1.807) is 0 Å². The molecule has 2 unspecified atom stereocenters. The van der Waals surface area contributed by atoms with Gasteiger partial charge in [0.15, 0.2) is 5.96 Å². The monoisotopic (exact) mass is 379 g/mol. The number of guanidine groups is 1. The number of ether oxygens (including phenoxy) is 1. The molecule has 0 bridgehead atoms. The molecule has 0 aromatic carbocycles. The van der Waals surface area contributed by atoms with Gasteiger partial charge in [-0.2, -0.15) is 0 Å². The second-order valence-corrected chi connectivity index (χ2v) is 7.91. The average molecular weight is 380 g/mol. The minimum atomic E-state index is -0.203. The summed E-state index contributed by atoms with van der Waals surface area (Å²) in [6, 6.07) is 0. The van der Waals surface area contributed by atoms with Crippen LogP contribution in [0, 0.1) is 5.92 Å². The molecule has 3 saturated heterocycles. The fourth-order valence-electron chi connectivity index (χ4n) is 4.34. The van der Waals surface area contributed by atoms with Crippen LogP contribution < -0.4 is 5.32 Å². The molecule has 1 N–H and O–H groups in total. The van der Waals surface area contributed by atoms with E-state index in [-0.39, 0.29) is 12.0 Å². The maximum absolute atomic E-state index is 12.5. The summed E-state index contributed by atoms with van der Waals surface area (Å²) >= 11 is 0. The van der Waals surface area contributed by atoms with Crippen LogP contribution in [0.25, 0.3) is 0 Å². The lowest BCUT2D eigenvalue weighted by Gasteiger charge is -2.37. The molecule has 3 aliphatic heterocycles. The molecule has 3 rings (SSSR count). The van der Waals surface area contributed by atoms with Gasteiger partial charge in [0, 0.05) is 52.4 Å². The Balaban J connectivity index is 1.50. The Hall–Kier alpha value is -1.34. The summed E-state index contributed by atoms with van der Waals surface area (Å²) in [5, 5.41) is 3.45. The molecule has 3 heterocycles. The minimum absolute atomic E-state index is 0.177. The van der Waals surface area contributed by atoms with Gasteiger partial charge in [-0.05, 0) is 51.6 Å². The Bertz CT molecular complexity index is 499. The third-order valence-corrected chi connectivity index (χ3v) is 5.98. The lowest BCUT2D eigenvalue weighted by molar-refractivity contribution is -0.142. The number of amides is 1. The van der Waals surface area contributed by atoms with E-state index in [1.807, 2.05) is 4.90 Å². The van der Waals surface area contributed by atoms with E-state index in [0.717, 1.165) is 71.2 Å². The summed E-state index contributed by atoms with van der Waals surface area (Å²) in [7, 11) is 0. The fraction of sp³-hybridized carbons (Fsp3) is 0.900. The van der Waals surface area contributed by atoms with Crippen molar-refractivity contribution in [2.75, 3.05) is 65.5 Å². The van der Waals surface area contributed by atoms with Gasteiger partial charge in [0.1, 0.15) is 6.10 Å². The Morgan fingerprint density at radius 2 is 1.85 bits per heavy atom. The maximum atomic E-state index is 12.5. The summed E-state index contributed by atoms with van der Waals surface area (Å²) in [4.78, 5) is 24.3. The summed E-state index contributed by atoms with van der Waals surface area (Å²) in [5.74, 6) is 1.85. The highest BCUT2D eigenvalue weighted by molar-refractivity contribution is 5.82. The molecule has 0 aliphatic carbocycles. The van der Waals surface area contributed by atoms with E-state index in [9.17, 15) is 4.79 Å². The lowest BCUT2D eigenvalue weighted by atomic mass is 9.98. The van der Waals surface area contributed by atoms with Crippen molar-refractivity contribution in [3.8, 4) is 0 Å². The molecule has 0 aromatic rings. The zero-order chi connectivity index (χ0) is 19.1. The van der Waals surface area contributed by atoms with Crippen molar-refractivity contribution < 1.29 is 9.53 Å². The average Bonchev–Trinajstić information content (AvgIpc) is 3.26. The largest absolute Gasteiger partial charge is 0.368 e. The highest BCUT2D eigenvalue weighted by atomic mass is 16.5. The molecule has 7 nitrogen and oxygen atoms in total. The molecule has 154 valence electrons. The first-order chi connectivity index (χ1) is 13.2. The first kappa shape index (κ1) is 20.4. The fourth-order valence-corrected chi connectivity index (χ4v) is 4.34. The quantitative estimate of drug-likeness (QED) is 0.571. The molecule has 0 saturated carbocycles. The number of nitrogens with one attached hydrogen (secondary N) is 1. The van der Waals surface area contributed by atoms with E-state index in [1.165, 1.54) is 25.9 Å². The van der Waals surface area contributed by atoms with E-state index < -0.39 is 0 Å². The molecule has 2 atom stereocenters. The maximum Gasteiger partial charge on any atom is 0.251 e. The second kappa shape index (κ2) is 10.3. The summed E-state index contributed by atoms with van der Waals surface area (Å²) < 4.78 is 5.56. The SMILES string of the molecule is CCNC(=NCC1CCCN(CC)C1)N1CCN(C(=O)C2CCCO2)CC1. The number of nitrogens with zero attached hydrogens (tertiary/aromatic N) is 4. The summed E-state index contributed by atoms with van der Waals surface area (Å²) in [5.41, 5.74) is 0. The summed E-state index contributed by atoms with van der Waals surface area (Å²) in [6.45, 7) is 13.6. The Labute approximate surface area is 164 Å². The smallest absolute Gasteiger partial charge is 0.251 e. The highest BCUT2D eigenvalue weighted by Gasteiger charge is 2.31. The lowest BCUT2D eigenvalue weighted by Crippen LogP contribution is -2.55. The van der Waals surface area contributed by atoms with Crippen LogP contribution in [-0.4, -0.2) is 98.2 Å². The van der Waals surface area contributed by atoms with Gasteiger partial charge >= 0.3 is 0 Å². The van der Waals surface area contributed by atoms with E-state index in [0.29, 0.717) is 5.92 Å². The van der Waals surface area contributed by atoms with Crippen molar-refractivity contribution >= 4 is 11.9 Å². The minimum Gasteiger partial charge on any atom is -0.368 e. The van der Waals surface area contributed by atoms with Crippen LogP contribution in [0.5, 0.6) is 0 Å². The van der Waals surface area contributed by atoms with Crippen LogP contribution in [0.1, 0.15) is 39.5 Å². The molecular formula is C20H37N5O2. The van der Waals surface area contributed by atoms with E-state index in [4.69, 9.17) is 9.73 Å². The summed E-state index contributed by atoms with van der Waals surface area (Å²) in [6.07, 6.45) is 4.24. The number of hydrogen-bond donors (Lipinski definition) is 1. The molecule has 7 heteroatoms. The third kappa shape index (κ3) is 5.57. The first-order valence-electron chi connectivity index (χ1n) is 10.9. The third-order valence-electron chi connectivity index (χ3n) is 5.98. The topological polar surface area (TPSA) is 60.4 Å². The van der Waals surface area contributed by atoms with Crippen LogP contribution >= 0.6 is 0 Å². The number of likely N-dealkylation sites (tertiary alicyclic amines) is 1. The number of aliphatic imine (C=N–C) groups is 1. The van der Waals surface area contributed by atoms with Crippen molar-refractivity contribution in [2.24, 2.45) is 10.9 Å². The zero-order valence-corrected chi connectivity index (χ0v) is 17.2. The number of piperidine rings is 1. The Morgan fingerprint density at radius 1 is 1.07 bits per heavy atom. The molecule has 0 spiro atoms. The van der Waals surface area contributed by atoms with Gasteiger partial charge in [-0.3, -0.25) is 9.79 Å². The standard InChI is InChI=1S/C20H37N5O2/c1-3-21-20(22-15-17-7-5-9-23(4-2)16-17)25-12-10-24(11-13-25)19(26)18-8-6-14-27-18/h17-18H,3-16H2,1-2H3,(H,21,22). The van der Waals surface area contributed by atoms with Gasteiger partial charge in [-0.25, -0.2) is 0 Å². The molecule has 0 radical (unpaired) electrons. The Morgan fingerprint density at radius 3 is 2.52 bits per heavy atom. The number of rotatable bonds is 5. The van der Waals surface area contributed by atoms with Crippen molar-refractivity contribution in [1.29, 1.82) is 0 Å². The molecule has 3 fully saturated rings. The van der Waals surface area contributed by atoms with Crippen LogP contribution in [0.2, 0.25) is 0 Å². The molecule has 3 aliphatic rings. The van der Waals surface area contributed by atoms with Gasteiger partial charge in [-0.15, -0.1) is 0 Å². The molecular weight excluding hydrogens is 342 g/mol. The van der Waals surface area contributed by atoms with Crippen LogP contribution in [0.4, 0.5) is 0 Å². The normalized spacial score (nSPS) is 27.9. The Kier molecular flexibility index (Phi) is 7.76. The highest BCUT2D eigenvalue weighted by Crippen LogP contribution is 2.18. The predicted octanol–water partition coefficient (Wildman–Crippen LogP) is 1.01. The van der Waals surface area contributed by atoms with E-state index in [2.05, 4.69) is 29.0 Å². The van der Waals surface area contributed by atoms with Gasteiger partial charge in [0.05, 0.1) is 0 Å². The second-order valence-electron chi connectivity index (χ2n) is 7.91. The van der Waals surface area contributed by atoms with Crippen LogP contribution in [0.15, 0.2) is 4.99 Å². The molecule has 27 heavy (non-hydrogen) atoms. The number of carbonyl (C=O) groups is 1. The van der Waals surface area contributed by atoms with Crippen molar-refractivity contribution in [3.05, 3.63) is 0 Å². The predicted molar refractivity (Wildman–Crippen MR) is 108 cm³/mol. The van der Waals surface area contributed by atoms with Crippen LogP contribution in [-0.2, 0) is 9.53 Å². The zero-order valence-electron chi connectivity index (χ0n) is 17.2. The van der Waals surface area contributed by atoms with Crippen molar-refractivity contribution in [3.63, 3.8) is 0 Å². The van der Waals surface area contributed by atoms with Gasteiger partial charge < -0.3 is 24.8 Å². The van der Waals surface area contributed by atoms with Gasteiger partial charge in [0.25, 0.3) is 5.91 Å². The number of carbonyl (C=O) groups excluding carboxylic acids is 1. The van der Waals surface area contributed by atoms with Crippen molar-refractivity contribution in [1.82, 2.24) is 20.0 Å². The van der Waals surface area contributed by atoms with Gasteiger partial charge in [-0.1, -0.05) is 6.92 Å².